The Kier molecular flexibility index (Phi) is 7.46. The van der Waals surface area contributed by atoms with E-state index < -0.39 is 29.8 Å². The van der Waals surface area contributed by atoms with E-state index in [-0.39, 0.29) is 23.2 Å². The summed E-state index contributed by atoms with van der Waals surface area (Å²) >= 11 is 0. The van der Waals surface area contributed by atoms with Gasteiger partial charge in [0, 0.05) is 44.2 Å². The molecule has 0 saturated carbocycles. The number of hydrogen-bond acceptors (Lipinski definition) is 4. The quantitative estimate of drug-likeness (QED) is 0.515. The van der Waals surface area contributed by atoms with Crippen LogP contribution in [0.4, 0.5) is 22.0 Å². The molecular weight excluding hydrogens is 479 g/mol. The number of amides is 1. The largest absolute Gasteiger partial charge is 0.415 e. The number of rotatable bonds is 3. The van der Waals surface area contributed by atoms with Gasteiger partial charge < -0.3 is 4.90 Å². The molecule has 4 aliphatic rings. The maximum absolute atomic E-state index is 14.0. The molecule has 0 spiro atoms. The van der Waals surface area contributed by atoms with Crippen LogP contribution in [0.2, 0.25) is 0 Å². The molecule has 0 aromatic carbocycles. The van der Waals surface area contributed by atoms with Crippen LogP contribution in [0.1, 0.15) is 46.5 Å². The molecular formula is C26H33F5N4O. The predicted molar refractivity (Wildman–Crippen MR) is 128 cm³/mol. The second kappa shape index (κ2) is 10.1. The number of fused-ring (bicyclic) bond motifs is 1. The van der Waals surface area contributed by atoms with Gasteiger partial charge in [0.1, 0.15) is 5.71 Å². The number of hydrazone groups is 1. The number of halogens is 5. The van der Waals surface area contributed by atoms with E-state index in [1.807, 2.05) is 0 Å². The highest BCUT2D eigenvalue weighted by Crippen LogP contribution is 2.41. The number of alkyl halides is 3. The van der Waals surface area contributed by atoms with Crippen molar-refractivity contribution in [3.05, 3.63) is 46.7 Å². The van der Waals surface area contributed by atoms with E-state index in [0.717, 1.165) is 37.8 Å². The zero-order chi connectivity index (χ0) is 26.3. The van der Waals surface area contributed by atoms with Gasteiger partial charge in [0.05, 0.1) is 5.57 Å². The lowest BCUT2D eigenvalue weighted by atomic mass is 9.85. The predicted octanol–water partition coefficient (Wildman–Crippen LogP) is 5.41. The molecule has 1 unspecified atom stereocenters. The molecule has 3 aliphatic heterocycles. The van der Waals surface area contributed by atoms with Crippen molar-refractivity contribution in [1.82, 2.24) is 15.2 Å². The summed E-state index contributed by atoms with van der Waals surface area (Å²) < 4.78 is 67.6. The Hall–Kier alpha value is -2.49. The summed E-state index contributed by atoms with van der Waals surface area (Å²) in [6, 6.07) is 0. The Labute approximate surface area is 208 Å². The number of carbonyl (C=O) groups excluding carboxylic acids is 1. The summed E-state index contributed by atoms with van der Waals surface area (Å²) in [5.41, 5.74) is 3.47. The first-order chi connectivity index (χ1) is 16.8. The van der Waals surface area contributed by atoms with E-state index in [2.05, 4.69) is 42.3 Å². The van der Waals surface area contributed by atoms with Crippen LogP contribution in [-0.4, -0.2) is 60.3 Å². The highest BCUT2D eigenvalue weighted by molar-refractivity contribution is 6.40. The standard InChI is InChI=1S/C26H33F5N4O/c1-25(2,3)15-34-9-6-18-12-19(14-34)32-33-23(18)24(36)35-10-7-16(8-11-35)17-4-5-21(27)22(28)20(13-17)26(29,30)31/h4-5,12,16,18,32H,6-11,13-15H2,1-3H3. The Balaban J connectivity index is 1.37. The Bertz CT molecular complexity index is 1040. The van der Waals surface area contributed by atoms with Crippen LogP contribution in [0.15, 0.2) is 51.8 Å². The summed E-state index contributed by atoms with van der Waals surface area (Å²) in [5, 5.41) is 4.40. The summed E-state index contributed by atoms with van der Waals surface area (Å²) in [6.07, 6.45) is 0.0908. The van der Waals surface area contributed by atoms with Crippen LogP contribution in [0, 0.1) is 17.3 Å². The number of carbonyl (C=O) groups is 1. The average Bonchev–Trinajstić information content (AvgIpc) is 3.04. The van der Waals surface area contributed by atoms with Gasteiger partial charge in [0.15, 0.2) is 11.7 Å². The minimum absolute atomic E-state index is 0.0865. The number of hydrogen-bond donors (Lipinski definition) is 1. The smallest absolute Gasteiger partial charge is 0.337 e. The first-order valence-electron chi connectivity index (χ1n) is 12.4. The first-order valence-corrected chi connectivity index (χ1v) is 12.4. The molecule has 0 radical (unpaired) electrons. The van der Waals surface area contributed by atoms with Crippen LogP contribution in [0.5, 0.6) is 0 Å². The lowest BCUT2D eigenvalue weighted by Crippen LogP contribution is -2.45. The SMILES string of the molecule is CC(C)(C)CN1CCC2C=C(C1)NN=C2C(=O)N1CCC(C2=CC=C(F)C(F)=C(C(F)(F)F)C2)CC1. The molecule has 36 heavy (non-hydrogen) atoms. The van der Waals surface area contributed by atoms with Crippen molar-refractivity contribution < 1.29 is 26.7 Å². The molecule has 10 heteroatoms. The highest BCUT2D eigenvalue weighted by atomic mass is 19.4. The summed E-state index contributed by atoms with van der Waals surface area (Å²) in [6.45, 7) is 9.79. The van der Waals surface area contributed by atoms with E-state index >= 15 is 0 Å². The van der Waals surface area contributed by atoms with Gasteiger partial charge in [-0.25, -0.2) is 8.78 Å². The number of likely N-dealkylation sites (tertiary alicyclic amines) is 1. The van der Waals surface area contributed by atoms with Gasteiger partial charge in [-0.05, 0) is 43.2 Å². The molecule has 1 amide bonds. The third-order valence-corrected chi connectivity index (χ3v) is 7.09. The van der Waals surface area contributed by atoms with Crippen LogP contribution in [0.25, 0.3) is 0 Å². The van der Waals surface area contributed by atoms with E-state index in [0.29, 0.717) is 37.2 Å². The minimum Gasteiger partial charge on any atom is -0.337 e. The lowest BCUT2D eigenvalue weighted by Gasteiger charge is -2.34. The van der Waals surface area contributed by atoms with E-state index in [1.54, 1.807) is 4.90 Å². The molecule has 1 saturated heterocycles. The number of nitrogens with one attached hydrogen (secondary N) is 1. The zero-order valence-electron chi connectivity index (χ0n) is 20.9. The van der Waals surface area contributed by atoms with E-state index in [4.69, 9.17) is 0 Å². The summed E-state index contributed by atoms with van der Waals surface area (Å²) in [7, 11) is 0. The number of allylic oxidation sites excluding steroid dienone is 7. The Morgan fingerprint density at radius 2 is 1.78 bits per heavy atom. The summed E-state index contributed by atoms with van der Waals surface area (Å²) in [5.74, 6) is -3.90. The molecule has 198 valence electrons. The molecule has 4 rings (SSSR count). The Morgan fingerprint density at radius 3 is 2.42 bits per heavy atom. The molecule has 0 aromatic rings. The van der Waals surface area contributed by atoms with Crippen molar-refractivity contribution in [3.63, 3.8) is 0 Å². The van der Waals surface area contributed by atoms with Crippen molar-refractivity contribution in [2.75, 3.05) is 32.7 Å². The molecule has 1 aliphatic carbocycles. The minimum atomic E-state index is -4.95. The van der Waals surface area contributed by atoms with Gasteiger partial charge >= 0.3 is 6.18 Å². The second-order valence-corrected chi connectivity index (χ2v) is 11.3. The molecule has 1 atom stereocenters. The third-order valence-electron chi connectivity index (χ3n) is 7.09. The fourth-order valence-corrected chi connectivity index (χ4v) is 5.39. The van der Waals surface area contributed by atoms with Crippen molar-refractivity contribution >= 4 is 11.6 Å². The van der Waals surface area contributed by atoms with Crippen molar-refractivity contribution in [2.24, 2.45) is 22.4 Å². The maximum Gasteiger partial charge on any atom is 0.415 e. The lowest BCUT2D eigenvalue weighted by molar-refractivity contribution is -0.125. The van der Waals surface area contributed by atoms with Crippen LogP contribution >= 0.6 is 0 Å². The molecule has 1 fully saturated rings. The van der Waals surface area contributed by atoms with Crippen LogP contribution in [-0.2, 0) is 4.79 Å². The molecule has 0 aromatic heterocycles. The monoisotopic (exact) mass is 512 g/mol. The van der Waals surface area contributed by atoms with Crippen LogP contribution in [0.3, 0.4) is 0 Å². The molecule has 5 nitrogen and oxygen atoms in total. The normalized spacial score (nSPS) is 24.8. The maximum atomic E-state index is 14.0. The van der Waals surface area contributed by atoms with Gasteiger partial charge in [0.2, 0.25) is 0 Å². The van der Waals surface area contributed by atoms with Gasteiger partial charge in [-0.2, -0.15) is 18.3 Å². The second-order valence-electron chi connectivity index (χ2n) is 11.3. The highest BCUT2D eigenvalue weighted by Gasteiger charge is 2.40. The number of nitrogens with zero attached hydrogens (tertiary/aromatic N) is 3. The fraction of sp³-hybridized carbons (Fsp3) is 0.615. The van der Waals surface area contributed by atoms with Gasteiger partial charge in [-0.15, -0.1) is 0 Å². The van der Waals surface area contributed by atoms with Crippen molar-refractivity contribution in [1.29, 1.82) is 0 Å². The molecule has 2 bridgehead atoms. The van der Waals surface area contributed by atoms with Gasteiger partial charge in [0.25, 0.3) is 5.91 Å². The van der Waals surface area contributed by atoms with E-state index in [9.17, 15) is 26.7 Å². The first kappa shape index (κ1) is 26.6. The van der Waals surface area contributed by atoms with Gasteiger partial charge in [-0.1, -0.05) is 38.5 Å². The number of piperidine rings is 1. The van der Waals surface area contributed by atoms with Crippen molar-refractivity contribution in [3.8, 4) is 0 Å². The van der Waals surface area contributed by atoms with E-state index in [1.165, 1.54) is 6.08 Å². The molecule has 1 N–H and O–H groups in total. The average molecular weight is 513 g/mol. The Morgan fingerprint density at radius 1 is 1.08 bits per heavy atom. The third kappa shape index (κ3) is 6.07. The van der Waals surface area contributed by atoms with Gasteiger partial charge in [-0.3, -0.25) is 15.1 Å². The van der Waals surface area contributed by atoms with Crippen molar-refractivity contribution in [2.45, 2.75) is 52.6 Å². The molecule has 3 heterocycles. The zero-order valence-corrected chi connectivity index (χ0v) is 20.9. The van der Waals surface area contributed by atoms with Crippen LogP contribution < -0.4 is 5.43 Å². The fourth-order valence-electron chi connectivity index (χ4n) is 5.39. The topological polar surface area (TPSA) is 47.9 Å². The summed E-state index contributed by atoms with van der Waals surface area (Å²) in [4.78, 5) is 17.4.